The fourth-order valence-corrected chi connectivity index (χ4v) is 2.20. The van der Waals surface area contributed by atoms with E-state index in [1.54, 1.807) is 0 Å². The lowest BCUT2D eigenvalue weighted by Crippen LogP contribution is -2.25. The van der Waals surface area contributed by atoms with Crippen LogP contribution in [0.5, 0.6) is 0 Å². The summed E-state index contributed by atoms with van der Waals surface area (Å²) in [5.41, 5.74) is 8.62. The van der Waals surface area contributed by atoms with Gasteiger partial charge in [-0.1, -0.05) is 19.1 Å². The van der Waals surface area contributed by atoms with Crippen LogP contribution in [0.2, 0.25) is 0 Å². The Balaban J connectivity index is 2.04. The van der Waals surface area contributed by atoms with Gasteiger partial charge in [-0.05, 0) is 49.8 Å². The van der Waals surface area contributed by atoms with E-state index in [-0.39, 0.29) is 6.04 Å². The lowest BCUT2D eigenvalue weighted by atomic mass is 10.1. The molecule has 1 atom stereocenters. The number of hydrogen-bond acceptors (Lipinski definition) is 2. The Bertz CT molecular complexity index is 340. The van der Waals surface area contributed by atoms with Crippen molar-refractivity contribution in [2.45, 2.75) is 39.2 Å². The van der Waals surface area contributed by atoms with Crippen molar-refractivity contribution in [2.24, 2.45) is 11.7 Å². The largest absolute Gasteiger partial charge is 0.372 e. The zero-order valence-electron chi connectivity index (χ0n) is 11.0. The van der Waals surface area contributed by atoms with Gasteiger partial charge >= 0.3 is 0 Å². The van der Waals surface area contributed by atoms with Crippen molar-refractivity contribution in [3.8, 4) is 0 Å². The third-order valence-corrected chi connectivity index (χ3v) is 3.68. The van der Waals surface area contributed by atoms with Crippen LogP contribution in [0.1, 0.15) is 44.7 Å². The summed E-state index contributed by atoms with van der Waals surface area (Å²) in [5.74, 6) is 0.938. The van der Waals surface area contributed by atoms with E-state index in [1.807, 2.05) is 0 Å². The van der Waals surface area contributed by atoms with Gasteiger partial charge in [0.25, 0.3) is 0 Å². The summed E-state index contributed by atoms with van der Waals surface area (Å²) < 4.78 is 0. The molecular weight excluding hydrogens is 208 g/mol. The molecule has 0 aromatic heterocycles. The molecule has 0 bridgehead atoms. The monoisotopic (exact) mass is 232 g/mol. The second kappa shape index (κ2) is 5.54. The summed E-state index contributed by atoms with van der Waals surface area (Å²) in [4.78, 5) is 2.47. The number of rotatable bonds is 6. The van der Waals surface area contributed by atoms with E-state index in [4.69, 9.17) is 5.73 Å². The fraction of sp³-hybridized carbons (Fsp3) is 0.600. The molecule has 1 aliphatic carbocycles. The molecule has 0 radical (unpaired) electrons. The van der Waals surface area contributed by atoms with Crippen LogP contribution in [-0.4, -0.2) is 13.1 Å². The van der Waals surface area contributed by atoms with Crippen LogP contribution in [-0.2, 0) is 0 Å². The first-order valence-electron chi connectivity index (χ1n) is 6.85. The molecule has 0 amide bonds. The standard InChI is InChI=1S/C15H24N2/c1-3-15(16)13-7-9-14(10-8-13)17(4-2)11-12-5-6-12/h7-10,12,15H,3-6,11,16H2,1-2H3. The molecule has 1 aliphatic rings. The minimum absolute atomic E-state index is 0.183. The fourth-order valence-electron chi connectivity index (χ4n) is 2.20. The topological polar surface area (TPSA) is 29.3 Å². The average Bonchev–Trinajstić information content (AvgIpc) is 3.19. The van der Waals surface area contributed by atoms with E-state index in [2.05, 4.69) is 43.0 Å². The van der Waals surface area contributed by atoms with Crippen LogP contribution in [0.3, 0.4) is 0 Å². The van der Waals surface area contributed by atoms with E-state index < -0.39 is 0 Å². The quantitative estimate of drug-likeness (QED) is 0.815. The van der Waals surface area contributed by atoms with E-state index in [0.29, 0.717) is 0 Å². The van der Waals surface area contributed by atoms with Crippen molar-refractivity contribution in [2.75, 3.05) is 18.0 Å². The average molecular weight is 232 g/mol. The van der Waals surface area contributed by atoms with Crippen molar-refractivity contribution in [3.05, 3.63) is 29.8 Å². The Labute approximate surface area is 105 Å². The van der Waals surface area contributed by atoms with E-state index >= 15 is 0 Å². The van der Waals surface area contributed by atoms with Gasteiger partial charge in [-0.15, -0.1) is 0 Å². The van der Waals surface area contributed by atoms with Crippen LogP contribution in [0, 0.1) is 5.92 Å². The van der Waals surface area contributed by atoms with Gasteiger partial charge in [0.15, 0.2) is 0 Å². The highest BCUT2D eigenvalue weighted by Gasteiger charge is 2.23. The molecule has 1 aromatic carbocycles. The zero-order chi connectivity index (χ0) is 12.3. The van der Waals surface area contributed by atoms with Gasteiger partial charge in [0.1, 0.15) is 0 Å². The van der Waals surface area contributed by atoms with Crippen molar-refractivity contribution in [1.82, 2.24) is 0 Å². The summed E-state index contributed by atoms with van der Waals surface area (Å²) in [5, 5.41) is 0. The highest BCUT2D eigenvalue weighted by atomic mass is 15.1. The molecule has 0 saturated heterocycles. The molecule has 94 valence electrons. The number of nitrogens with two attached hydrogens (primary N) is 1. The maximum absolute atomic E-state index is 6.03. The maximum Gasteiger partial charge on any atom is 0.0366 e. The van der Waals surface area contributed by atoms with Crippen molar-refractivity contribution < 1.29 is 0 Å². The Morgan fingerprint density at radius 2 is 1.88 bits per heavy atom. The van der Waals surface area contributed by atoms with Crippen molar-refractivity contribution >= 4 is 5.69 Å². The maximum atomic E-state index is 6.03. The van der Waals surface area contributed by atoms with Gasteiger partial charge < -0.3 is 10.6 Å². The van der Waals surface area contributed by atoms with Crippen LogP contribution in [0.4, 0.5) is 5.69 Å². The Morgan fingerprint density at radius 1 is 1.24 bits per heavy atom. The Kier molecular flexibility index (Phi) is 4.06. The number of nitrogens with zero attached hydrogens (tertiary/aromatic N) is 1. The lowest BCUT2D eigenvalue weighted by molar-refractivity contribution is 0.697. The molecule has 1 unspecified atom stereocenters. The van der Waals surface area contributed by atoms with Crippen molar-refractivity contribution in [3.63, 3.8) is 0 Å². The van der Waals surface area contributed by atoms with Crippen molar-refractivity contribution in [1.29, 1.82) is 0 Å². The van der Waals surface area contributed by atoms with E-state index in [9.17, 15) is 0 Å². The first kappa shape index (κ1) is 12.4. The molecule has 2 rings (SSSR count). The smallest absolute Gasteiger partial charge is 0.0366 e. The van der Waals surface area contributed by atoms with Gasteiger partial charge in [-0.25, -0.2) is 0 Å². The molecule has 1 saturated carbocycles. The number of hydrogen-bond donors (Lipinski definition) is 1. The summed E-state index contributed by atoms with van der Waals surface area (Å²) in [6, 6.07) is 8.98. The molecule has 0 heterocycles. The second-order valence-electron chi connectivity index (χ2n) is 5.09. The summed E-state index contributed by atoms with van der Waals surface area (Å²) in [6.07, 6.45) is 3.82. The molecule has 2 N–H and O–H groups in total. The molecule has 1 aromatic rings. The van der Waals surface area contributed by atoms with Gasteiger partial charge in [0.2, 0.25) is 0 Å². The van der Waals surface area contributed by atoms with Gasteiger partial charge in [-0.2, -0.15) is 0 Å². The lowest BCUT2D eigenvalue weighted by Gasteiger charge is -2.23. The summed E-state index contributed by atoms with van der Waals surface area (Å²) in [6.45, 7) is 6.67. The van der Waals surface area contributed by atoms with Crippen LogP contribution in [0.15, 0.2) is 24.3 Å². The van der Waals surface area contributed by atoms with Crippen LogP contribution < -0.4 is 10.6 Å². The summed E-state index contributed by atoms with van der Waals surface area (Å²) >= 11 is 0. The Hall–Kier alpha value is -1.02. The third-order valence-electron chi connectivity index (χ3n) is 3.68. The molecule has 2 heteroatoms. The van der Waals surface area contributed by atoms with Gasteiger partial charge in [-0.3, -0.25) is 0 Å². The summed E-state index contributed by atoms with van der Waals surface area (Å²) in [7, 11) is 0. The molecule has 17 heavy (non-hydrogen) atoms. The molecule has 2 nitrogen and oxygen atoms in total. The van der Waals surface area contributed by atoms with Crippen LogP contribution >= 0.6 is 0 Å². The Morgan fingerprint density at radius 3 is 2.35 bits per heavy atom. The minimum atomic E-state index is 0.183. The highest BCUT2D eigenvalue weighted by molar-refractivity contribution is 5.48. The van der Waals surface area contributed by atoms with Gasteiger partial charge in [0.05, 0.1) is 0 Å². The molecule has 1 fully saturated rings. The molecular formula is C15H24N2. The minimum Gasteiger partial charge on any atom is -0.372 e. The predicted octanol–water partition coefficient (Wildman–Crippen LogP) is 3.33. The first-order valence-corrected chi connectivity index (χ1v) is 6.85. The predicted molar refractivity (Wildman–Crippen MR) is 74.3 cm³/mol. The zero-order valence-corrected chi connectivity index (χ0v) is 11.0. The van der Waals surface area contributed by atoms with E-state index in [0.717, 1.165) is 18.9 Å². The number of anilines is 1. The van der Waals surface area contributed by atoms with Crippen LogP contribution in [0.25, 0.3) is 0 Å². The SMILES string of the molecule is CCC(N)c1ccc(N(CC)CC2CC2)cc1. The van der Waals surface area contributed by atoms with E-state index in [1.165, 1.54) is 30.6 Å². The molecule has 0 spiro atoms. The number of benzene rings is 1. The third kappa shape index (κ3) is 3.22. The highest BCUT2D eigenvalue weighted by Crippen LogP contribution is 2.31. The molecule has 0 aliphatic heterocycles. The normalized spacial score (nSPS) is 16.9. The first-order chi connectivity index (χ1) is 8.24. The second-order valence-corrected chi connectivity index (χ2v) is 5.09. The van der Waals surface area contributed by atoms with Gasteiger partial charge in [0, 0.05) is 24.8 Å².